The third-order valence-corrected chi connectivity index (χ3v) is 3.55. The van der Waals surface area contributed by atoms with Crippen LogP contribution in [0.2, 0.25) is 0 Å². The smallest absolute Gasteiger partial charge is 0.190 e. The number of hydrogen-bond acceptors (Lipinski definition) is 2. The fourth-order valence-electron chi connectivity index (χ4n) is 2.24. The number of anilines is 1. The Balaban J connectivity index is 1.92. The molecule has 2 aromatic rings. The van der Waals surface area contributed by atoms with Crippen molar-refractivity contribution >= 4 is 23.0 Å². The van der Waals surface area contributed by atoms with Gasteiger partial charge in [-0.15, -0.1) is 0 Å². The standard InChI is InChI=1S/C15H15N3S/c1-15(12-8-4-2-5-9-12)16-14(19)18(17-15)13-10-6-3-7-11-13/h2-11,17H,1H3,(H,16,19). The summed E-state index contributed by atoms with van der Waals surface area (Å²) in [7, 11) is 0. The minimum absolute atomic E-state index is 0.381. The minimum Gasteiger partial charge on any atom is -0.338 e. The topological polar surface area (TPSA) is 27.3 Å². The number of nitrogens with one attached hydrogen (secondary N) is 2. The van der Waals surface area contributed by atoms with E-state index in [1.54, 1.807) is 0 Å². The Morgan fingerprint density at radius 3 is 2.16 bits per heavy atom. The molecule has 0 amide bonds. The van der Waals surface area contributed by atoms with E-state index >= 15 is 0 Å². The zero-order valence-corrected chi connectivity index (χ0v) is 11.4. The second-order valence-corrected chi connectivity index (χ2v) is 5.09. The number of benzene rings is 2. The molecule has 4 heteroatoms. The summed E-state index contributed by atoms with van der Waals surface area (Å²) in [5.41, 5.74) is 5.23. The summed E-state index contributed by atoms with van der Waals surface area (Å²) in [5.74, 6) is 0. The molecule has 0 bridgehead atoms. The average molecular weight is 269 g/mol. The van der Waals surface area contributed by atoms with Crippen LogP contribution in [0.4, 0.5) is 5.69 Å². The number of nitrogens with zero attached hydrogens (tertiary/aromatic N) is 1. The van der Waals surface area contributed by atoms with Crippen LogP contribution in [0.1, 0.15) is 12.5 Å². The molecule has 1 heterocycles. The van der Waals surface area contributed by atoms with Crippen molar-refractivity contribution in [1.82, 2.24) is 10.7 Å². The maximum Gasteiger partial charge on any atom is 0.190 e. The van der Waals surface area contributed by atoms with Crippen molar-refractivity contribution in [2.45, 2.75) is 12.6 Å². The zero-order valence-electron chi connectivity index (χ0n) is 10.6. The normalized spacial score (nSPS) is 22.4. The van der Waals surface area contributed by atoms with E-state index in [-0.39, 0.29) is 5.66 Å². The highest BCUT2D eigenvalue weighted by Gasteiger charge is 2.37. The van der Waals surface area contributed by atoms with Gasteiger partial charge in [-0.25, -0.2) is 5.01 Å². The van der Waals surface area contributed by atoms with Gasteiger partial charge >= 0.3 is 0 Å². The van der Waals surface area contributed by atoms with E-state index in [1.807, 2.05) is 53.5 Å². The molecule has 19 heavy (non-hydrogen) atoms. The summed E-state index contributed by atoms with van der Waals surface area (Å²) in [6, 6.07) is 20.3. The maximum absolute atomic E-state index is 5.42. The van der Waals surface area contributed by atoms with Crippen molar-refractivity contribution < 1.29 is 0 Å². The first-order valence-electron chi connectivity index (χ1n) is 6.20. The number of hydrazine groups is 1. The molecule has 2 N–H and O–H groups in total. The van der Waals surface area contributed by atoms with Crippen molar-refractivity contribution in [3.05, 3.63) is 66.2 Å². The molecule has 1 atom stereocenters. The molecule has 0 aromatic heterocycles. The van der Waals surface area contributed by atoms with E-state index in [0.717, 1.165) is 11.3 Å². The van der Waals surface area contributed by atoms with Crippen LogP contribution < -0.4 is 15.8 Å². The van der Waals surface area contributed by atoms with Crippen LogP contribution >= 0.6 is 12.2 Å². The predicted molar refractivity (Wildman–Crippen MR) is 81.6 cm³/mol. The van der Waals surface area contributed by atoms with Gasteiger partial charge in [0.15, 0.2) is 5.11 Å². The van der Waals surface area contributed by atoms with Crippen LogP contribution in [0.5, 0.6) is 0 Å². The first kappa shape index (κ1) is 12.1. The van der Waals surface area contributed by atoms with Crippen LogP contribution in [0.25, 0.3) is 0 Å². The number of hydrogen-bond donors (Lipinski definition) is 2. The van der Waals surface area contributed by atoms with E-state index in [1.165, 1.54) is 0 Å². The van der Waals surface area contributed by atoms with Gasteiger partial charge in [-0.1, -0.05) is 48.5 Å². The summed E-state index contributed by atoms with van der Waals surface area (Å²) in [5, 5.41) is 5.92. The van der Waals surface area contributed by atoms with E-state index in [9.17, 15) is 0 Å². The van der Waals surface area contributed by atoms with Crippen molar-refractivity contribution in [3.8, 4) is 0 Å². The first-order chi connectivity index (χ1) is 9.19. The molecule has 1 aliphatic heterocycles. The highest BCUT2D eigenvalue weighted by molar-refractivity contribution is 7.80. The van der Waals surface area contributed by atoms with Crippen molar-refractivity contribution in [1.29, 1.82) is 0 Å². The number of rotatable bonds is 2. The monoisotopic (exact) mass is 269 g/mol. The van der Waals surface area contributed by atoms with Gasteiger partial charge in [-0.3, -0.25) is 0 Å². The number of thiocarbonyl (C=S) groups is 1. The van der Waals surface area contributed by atoms with Crippen LogP contribution in [0.3, 0.4) is 0 Å². The van der Waals surface area contributed by atoms with Crippen LogP contribution in [-0.2, 0) is 5.66 Å². The molecule has 3 nitrogen and oxygen atoms in total. The third-order valence-electron chi connectivity index (χ3n) is 3.26. The van der Waals surface area contributed by atoms with Gasteiger partial charge in [0.05, 0.1) is 5.69 Å². The van der Waals surface area contributed by atoms with Gasteiger partial charge in [0.2, 0.25) is 0 Å². The van der Waals surface area contributed by atoms with E-state index < -0.39 is 0 Å². The highest BCUT2D eigenvalue weighted by atomic mass is 32.1. The molecule has 2 aromatic carbocycles. The van der Waals surface area contributed by atoms with Gasteiger partial charge in [-0.05, 0) is 36.8 Å². The lowest BCUT2D eigenvalue weighted by Crippen LogP contribution is -2.45. The molecule has 1 saturated heterocycles. The van der Waals surface area contributed by atoms with Gasteiger partial charge in [0, 0.05) is 0 Å². The van der Waals surface area contributed by atoms with E-state index in [4.69, 9.17) is 12.2 Å². The van der Waals surface area contributed by atoms with Gasteiger partial charge in [0.1, 0.15) is 5.66 Å². The van der Waals surface area contributed by atoms with E-state index in [0.29, 0.717) is 5.11 Å². The summed E-state index contributed by atoms with van der Waals surface area (Å²) in [6.07, 6.45) is 0. The van der Waals surface area contributed by atoms with Crippen LogP contribution in [0, 0.1) is 0 Å². The summed E-state index contributed by atoms with van der Waals surface area (Å²) < 4.78 is 0. The van der Waals surface area contributed by atoms with E-state index in [2.05, 4.69) is 29.8 Å². The molecule has 0 radical (unpaired) electrons. The molecule has 3 rings (SSSR count). The Morgan fingerprint density at radius 2 is 1.53 bits per heavy atom. The molecule has 0 saturated carbocycles. The third kappa shape index (κ3) is 2.20. The molecular formula is C15H15N3S. The Hall–Kier alpha value is -1.91. The molecular weight excluding hydrogens is 254 g/mol. The molecule has 1 unspecified atom stereocenters. The lowest BCUT2D eigenvalue weighted by molar-refractivity contribution is 0.389. The van der Waals surface area contributed by atoms with Crippen molar-refractivity contribution in [2.75, 3.05) is 5.01 Å². The highest BCUT2D eigenvalue weighted by Crippen LogP contribution is 2.25. The van der Waals surface area contributed by atoms with Gasteiger partial charge in [0.25, 0.3) is 0 Å². The quantitative estimate of drug-likeness (QED) is 0.820. The molecule has 0 aliphatic carbocycles. The molecule has 96 valence electrons. The Morgan fingerprint density at radius 1 is 0.947 bits per heavy atom. The lowest BCUT2D eigenvalue weighted by Gasteiger charge is -2.26. The van der Waals surface area contributed by atoms with Gasteiger partial charge in [-0.2, -0.15) is 5.43 Å². The second-order valence-electron chi connectivity index (χ2n) is 4.70. The zero-order chi connectivity index (χ0) is 13.3. The minimum atomic E-state index is -0.381. The fourth-order valence-corrected chi connectivity index (χ4v) is 2.59. The summed E-state index contributed by atoms with van der Waals surface area (Å²) in [4.78, 5) is 0. The summed E-state index contributed by atoms with van der Waals surface area (Å²) >= 11 is 5.42. The predicted octanol–water partition coefficient (Wildman–Crippen LogP) is 2.76. The van der Waals surface area contributed by atoms with Crippen molar-refractivity contribution in [2.24, 2.45) is 0 Å². The number of para-hydroxylation sites is 1. The Kier molecular flexibility index (Phi) is 2.97. The average Bonchev–Trinajstić information content (AvgIpc) is 2.77. The van der Waals surface area contributed by atoms with Crippen molar-refractivity contribution in [3.63, 3.8) is 0 Å². The molecule has 1 fully saturated rings. The fraction of sp³-hybridized carbons (Fsp3) is 0.133. The largest absolute Gasteiger partial charge is 0.338 e. The SMILES string of the molecule is CC1(c2ccccc2)NC(=S)N(c2ccccc2)N1. The first-order valence-corrected chi connectivity index (χ1v) is 6.60. The Bertz CT molecular complexity index is 585. The maximum atomic E-state index is 5.42. The lowest BCUT2D eigenvalue weighted by atomic mass is 10.0. The van der Waals surface area contributed by atoms with Crippen LogP contribution in [0.15, 0.2) is 60.7 Å². The molecule has 1 aliphatic rings. The summed E-state index contributed by atoms with van der Waals surface area (Å²) in [6.45, 7) is 2.08. The molecule has 0 spiro atoms. The van der Waals surface area contributed by atoms with Gasteiger partial charge < -0.3 is 5.32 Å². The second kappa shape index (κ2) is 4.64. The Labute approximate surface area is 118 Å². The van der Waals surface area contributed by atoms with Crippen LogP contribution in [-0.4, -0.2) is 5.11 Å².